The van der Waals surface area contributed by atoms with E-state index in [1.54, 1.807) is 0 Å². The van der Waals surface area contributed by atoms with E-state index in [1.165, 1.54) is 18.4 Å². The van der Waals surface area contributed by atoms with Gasteiger partial charge in [0.25, 0.3) is 0 Å². The van der Waals surface area contributed by atoms with E-state index in [0.717, 1.165) is 6.42 Å². The molecule has 1 fully saturated rings. The number of hydrogen-bond acceptors (Lipinski definition) is 1. The quantitative estimate of drug-likeness (QED) is 0.784. The summed E-state index contributed by atoms with van der Waals surface area (Å²) < 4.78 is 0. The maximum atomic E-state index is 11.8. The molecule has 1 saturated carbocycles. The molecule has 0 spiro atoms. The Morgan fingerprint density at radius 2 is 1.78 bits per heavy atom. The van der Waals surface area contributed by atoms with E-state index in [1.807, 2.05) is 6.20 Å². The second-order valence-electron chi connectivity index (χ2n) is 7.38. The van der Waals surface area contributed by atoms with Gasteiger partial charge in [-0.3, -0.25) is 0 Å². The van der Waals surface area contributed by atoms with Crippen molar-refractivity contribution in [3.8, 4) is 0 Å². The van der Waals surface area contributed by atoms with Crippen LogP contribution in [0.15, 0.2) is 11.8 Å². The first kappa shape index (κ1) is 15.1. The first-order valence-electron chi connectivity index (χ1n) is 6.84. The first-order chi connectivity index (χ1) is 8.09. The van der Waals surface area contributed by atoms with Crippen LogP contribution in [0.3, 0.4) is 0 Å². The molecular weight excluding hydrogens is 224 g/mol. The normalized spacial score (nSPS) is 17.6. The maximum Gasteiger partial charge on any atom is 0.319 e. The van der Waals surface area contributed by atoms with Crippen molar-refractivity contribution in [1.82, 2.24) is 10.6 Å². The molecular formula is C15H28N2O. The van der Waals surface area contributed by atoms with Crippen molar-refractivity contribution in [2.45, 2.75) is 66.3 Å². The van der Waals surface area contributed by atoms with Crippen LogP contribution >= 0.6 is 0 Å². The largest absolute Gasteiger partial charge is 0.333 e. The number of hydrogen-bond donors (Lipinski definition) is 2. The minimum atomic E-state index is -0.191. The van der Waals surface area contributed by atoms with Crippen LogP contribution in [-0.4, -0.2) is 11.6 Å². The van der Waals surface area contributed by atoms with E-state index in [9.17, 15) is 4.79 Å². The molecule has 0 aromatic carbocycles. The summed E-state index contributed by atoms with van der Waals surface area (Å²) in [5, 5.41) is 5.87. The summed E-state index contributed by atoms with van der Waals surface area (Å²) in [6.07, 6.45) is 5.32. The van der Waals surface area contributed by atoms with Gasteiger partial charge in [-0.1, -0.05) is 26.3 Å². The number of nitrogens with one attached hydrogen (secondary N) is 2. The van der Waals surface area contributed by atoms with Gasteiger partial charge in [0, 0.05) is 11.7 Å². The Labute approximate surface area is 111 Å². The molecule has 0 atom stereocenters. The maximum absolute atomic E-state index is 11.8. The highest BCUT2D eigenvalue weighted by atomic mass is 16.2. The van der Waals surface area contributed by atoms with Crippen LogP contribution in [0, 0.1) is 11.3 Å². The van der Waals surface area contributed by atoms with Crippen LogP contribution in [0.2, 0.25) is 0 Å². The SMILES string of the molecule is C/C(=C\NC(=O)NC(C)(C)CC(C)(C)C)C1CC1. The molecule has 3 heteroatoms. The fourth-order valence-electron chi connectivity index (χ4n) is 2.55. The highest BCUT2D eigenvalue weighted by Gasteiger charge is 2.27. The second-order valence-corrected chi connectivity index (χ2v) is 7.38. The Balaban J connectivity index is 2.40. The Kier molecular flexibility index (Phi) is 4.46. The van der Waals surface area contributed by atoms with Crippen LogP contribution in [0.25, 0.3) is 0 Å². The molecule has 0 unspecified atom stereocenters. The molecule has 2 N–H and O–H groups in total. The summed E-state index contributed by atoms with van der Waals surface area (Å²) in [6, 6.07) is -0.107. The number of carbonyl (C=O) groups excluding carboxylic acids is 1. The lowest BCUT2D eigenvalue weighted by Gasteiger charge is -2.33. The molecule has 0 aromatic rings. The van der Waals surface area contributed by atoms with E-state index < -0.39 is 0 Å². The van der Waals surface area contributed by atoms with Gasteiger partial charge in [-0.25, -0.2) is 4.79 Å². The van der Waals surface area contributed by atoms with E-state index in [-0.39, 0.29) is 17.0 Å². The van der Waals surface area contributed by atoms with Gasteiger partial charge in [0.15, 0.2) is 0 Å². The molecule has 1 rings (SSSR count). The molecule has 0 radical (unpaired) electrons. The monoisotopic (exact) mass is 252 g/mol. The topological polar surface area (TPSA) is 41.1 Å². The average Bonchev–Trinajstić information content (AvgIpc) is 2.91. The van der Waals surface area contributed by atoms with Crippen LogP contribution in [-0.2, 0) is 0 Å². The van der Waals surface area contributed by atoms with Crippen LogP contribution < -0.4 is 10.6 Å². The number of amides is 2. The second kappa shape index (κ2) is 5.33. The number of rotatable bonds is 4. The lowest BCUT2D eigenvalue weighted by Crippen LogP contribution is -2.49. The third kappa shape index (κ3) is 6.08. The molecule has 104 valence electrons. The summed E-state index contributed by atoms with van der Waals surface area (Å²) in [4.78, 5) is 11.8. The van der Waals surface area contributed by atoms with Gasteiger partial charge >= 0.3 is 6.03 Å². The molecule has 1 aliphatic rings. The lowest BCUT2D eigenvalue weighted by molar-refractivity contribution is 0.213. The molecule has 0 saturated heterocycles. The summed E-state index contributed by atoms with van der Waals surface area (Å²) in [5.41, 5.74) is 1.29. The smallest absolute Gasteiger partial charge is 0.319 e. The van der Waals surface area contributed by atoms with Crippen LogP contribution in [0.1, 0.15) is 60.8 Å². The lowest BCUT2D eigenvalue weighted by atomic mass is 9.82. The highest BCUT2D eigenvalue weighted by molar-refractivity contribution is 5.75. The van der Waals surface area contributed by atoms with Gasteiger partial charge in [0.05, 0.1) is 0 Å². The molecule has 1 aliphatic carbocycles. The number of allylic oxidation sites excluding steroid dienone is 1. The molecule has 0 aliphatic heterocycles. The zero-order chi connectivity index (χ0) is 14.0. The van der Waals surface area contributed by atoms with Crippen molar-refractivity contribution in [2.75, 3.05) is 0 Å². The van der Waals surface area contributed by atoms with Crippen molar-refractivity contribution < 1.29 is 4.79 Å². The molecule has 3 nitrogen and oxygen atoms in total. The number of carbonyl (C=O) groups is 1. The zero-order valence-corrected chi connectivity index (χ0v) is 12.7. The predicted octanol–water partition coefficient (Wildman–Crippen LogP) is 3.81. The minimum absolute atomic E-state index is 0.107. The summed E-state index contributed by atoms with van der Waals surface area (Å²) in [5.74, 6) is 0.702. The van der Waals surface area contributed by atoms with Crippen molar-refractivity contribution in [2.24, 2.45) is 11.3 Å². The Bertz CT molecular complexity index is 333. The highest BCUT2D eigenvalue weighted by Crippen LogP contribution is 2.35. The van der Waals surface area contributed by atoms with Gasteiger partial charge < -0.3 is 10.6 Å². The Morgan fingerprint density at radius 3 is 2.22 bits per heavy atom. The van der Waals surface area contributed by atoms with E-state index in [2.05, 4.69) is 52.2 Å². The van der Waals surface area contributed by atoms with E-state index in [4.69, 9.17) is 0 Å². The van der Waals surface area contributed by atoms with Gasteiger partial charge in [-0.2, -0.15) is 0 Å². The fraction of sp³-hybridized carbons (Fsp3) is 0.800. The summed E-state index contributed by atoms with van der Waals surface area (Å²) in [6.45, 7) is 12.8. The van der Waals surface area contributed by atoms with Crippen molar-refractivity contribution in [3.63, 3.8) is 0 Å². The average molecular weight is 252 g/mol. The summed E-state index contributed by atoms with van der Waals surface area (Å²) in [7, 11) is 0. The van der Waals surface area contributed by atoms with E-state index in [0.29, 0.717) is 5.92 Å². The minimum Gasteiger partial charge on any atom is -0.333 e. The van der Waals surface area contributed by atoms with Crippen molar-refractivity contribution >= 4 is 6.03 Å². The summed E-state index contributed by atoms with van der Waals surface area (Å²) >= 11 is 0. The Hall–Kier alpha value is -0.990. The molecule has 0 bridgehead atoms. The molecule has 18 heavy (non-hydrogen) atoms. The van der Waals surface area contributed by atoms with Crippen LogP contribution in [0.5, 0.6) is 0 Å². The molecule has 0 aromatic heterocycles. The van der Waals surface area contributed by atoms with Crippen molar-refractivity contribution in [3.05, 3.63) is 11.8 Å². The molecule has 2 amide bonds. The number of urea groups is 1. The third-order valence-electron chi connectivity index (χ3n) is 3.08. The third-order valence-corrected chi connectivity index (χ3v) is 3.08. The van der Waals surface area contributed by atoms with Gasteiger partial charge in [0.2, 0.25) is 0 Å². The standard InChI is InChI=1S/C15H28N2O/c1-11(12-7-8-12)9-16-13(18)17-15(5,6)10-14(2,3)4/h9,12H,7-8,10H2,1-6H3,(H2,16,17,18)/b11-9+. The van der Waals surface area contributed by atoms with Gasteiger partial charge in [-0.05, 0) is 51.4 Å². The van der Waals surface area contributed by atoms with Gasteiger partial charge in [0.1, 0.15) is 0 Å². The van der Waals surface area contributed by atoms with Crippen molar-refractivity contribution in [1.29, 1.82) is 0 Å². The fourth-order valence-corrected chi connectivity index (χ4v) is 2.55. The van der Waals surface area contributed by atoms with Gasteiger partial charge in [-0.15, -0.1) is 0 Å². The zero-order valence-electron chi connectivity index (χ0n) is 12.7. The van der Waals surface area contributed by atoms with E-state index >= 15 is 0 Å². The van der Waals surface area contributed by atoms with Crippen LogP contribution in [0.4, 0.5) is 4.79 Å². The first-order valence-corrected chi connectivity index (χ1v) is 6.84. The Morgan fingerprint density at radius 1 is 1.22 bits per heavy atom. The predicted molar refractivity (Wildman–Crippen MR) is 76.3 cm³/mol. The molecule has 0 heterocycles.